The number of rotatable bonds is 6. The van der Waals surface area contributed by atoms with Gasteiger partial charge in [0.2, 0.25) is 0 Å². The van der Waals surface area contributed by atoms with E-state index in [0.717, 1.165) is 27.9 Å². The molecule has 8 heteroatoms. The molecule has 166 valence electrons. The van der Waals surface area contributed by atoms with Crippen molar-refractivity contribution in [3.63, 3.8) is 0 Å². The molecule has 1 amide bonds. The van der Waals surface area contributed by atoms with E-state index in [1.807, 2.05) is 42.5 Å². The van der Waals surface area contributed by atoms with E-state index in [1.54, 1.807) is 19.2 Å². The van der Waals surface area contributed by atoms with Crippen LogP contribution in [0.25, 0.3) is 11.0 Å². The molecule has 4 rings (SSSR count). The standard InChI is InChI=1S/C24H24N4O3.HI/c1-16-19-9-3-4-10-20(19)31-22(16)15-27-24(25-2)26-14-17-7-5-8-18(13-17)28-23(29)21-11-6-12-30-21;/h3-13H,14-15H2,1-2H3,(H,28,29)(H2,25,26,27);1H. The maximum Gasteiger partial charge on any atom is 0.291 e. The van der Waals surface area contributed by atoms with Crippen molar-refractivity contribution in [2.24, 2.45) is 4.99 Å². The lowest BCUT2D eigenvalue weighted by Crippen LogP contribution is -2.36. The fourth-order valence-corrected chi connectivity index (χ4v) is 3.32. The number of fused-ring (bicyclic) bond motifs is 1. The van der Waals surface area contributed by atoms with E-state index in [9.17, 15) is 4.79 Å². The lowest BCUT2D eigenvalue weighted by atomic mass is 10.1. The molecule has 0 radical (unpaired) electrons. The summed E-state index contributed by atoms with van der Waals surface area (Å²) in [6, 6.07) is 18.9. The minimum Gasteiger partial charge on any atom is -0.459 e. The zero-order chi connectivity index (χ0) is 21.6. The molecule has 3 N–H and O–H groups in total. The quantitative estimate of drug-likeness (QED) is 0.179. The number of nitrogens with zero attached hydrogens (tertiary/aromatic N) is 1. The molecule has 0 aliphatic rings. The second-order valence-corrected chi connectivity index (χ2v) is 7.06. The molecule has 0 unspecified atom stereocenters. The SMILES string of the molecule is CN=C(NCc1cccc(NC(=O)c2ccco2)c1)NCc1oc2ccccc2c1C.I. The van der Waals surface area contributed by atoms with E-state index in [4.69, 9.17) is 8.83 Å². The van der Waals surface area contributed by atoms with Crippen molar-refractivity contribution in [1.82, 2.24) is 10.6 Å². The Bertz CT molecular complexity index is 1220. The van der Waals surface area contributed by atoms with Gasteiger partial charge in [-0.25, -0.2) is 0 Å². The van der Waals surface area contributed by atoms with Crippen molar-refractivity contribution in [2.75, 3.05) is 12.4 Å². The highest BCUT2D eigenvalue weighted by atomic mass is 127. The zero-order valence-corrected chi connectivity index (χ0v) is 20.2. The average molecular weight is 544 g/mol. The average Bonchev–Trinajstić information content (AvgIpc) is 3.43. The van der Waals surface area contributed by atoms with Crippen LogP contribution >= 0.6 is 24.0 Å². The fourth-order valence-electron chi connectivity index (χ4n) is 3.32. The molecule has 0 atom stereocenters. The van der Waals surface area contributed by atoms with Crippen LogP contribution in [0.15, 0.2) is 80.8 Å². The van der Waals surface area contributed by atoms with Gasteiger partial charge in [-0.3, -0.25) is 9.79 Å². The first kappa shape index (κ1) is 23.4. The van der Waals surface area contributed by atoms with Gasteiger partial charge >= 0.3 is 0 Å². The van der Waals surface area contributed by atoms with E-state index in [-0.39, 0.29) is 35.6 Å². The van der Waals surface area contributed by atoms with Crippen LogP contribution in [-0.2, 0) is 13.1 Å². The van der Waals surface area contributed by atoms with E-state index in [1.165, 1.54) is 6.26 Å². The molecule has 0 saturated carbocycles. The summed E-state index contributed by atoms with van der Waals surface area (Å²) in [5.41, 5.74) is 3.70. The highest BCUT2D eigenvalue weighted by Crippen LogP contribution is 2.24. The molecular formula is C24H25IN4O3. The highest BCUT2D eigenvalue weighted by Gasteiger charge is 2.11. The zero-order valence-electron chi connectivity index (χ0n) is 17.8. The van der Waals surface area contributed by atoms with Crippen molar-refractivity contribution >= 4 is 52.5 Å². The van der Waals surface area contributed by atoms with Gasteiger partial charge in [0.05, 0.1) is 12.8 Å². The van der Waals surface area contributed by atoms with E-state index < -0.39 is 0 Å². The normalized spacial score (nSPS) is 11.1. The summed E-state index contributed by atoms with van der Waals surface area (Å²) in [5.74, 6) is 1.53. The van der Waals surface area contributed by atoms with Crippen LogP contribution < -0.4 is 16.0 Å². The van der Waals surface area contributed by atoms with Gasteiger partial charge in [-0.1, -0.05) is 30.3 Å². The highest BCUT2D eigenvalue weighted by molar-refractivity contribution is 14.0. The van der Waals surface area contributed by atoms with Crippen molar-refractivity contribution in [2.45, 2.75) is 20.0 Å². The molecular weight excluding hydrogens is 519 g/mol. The van der Waals surface area contributed by atoms with Crippen LogP contribution in [0.1, 0.15) is 27.4 Å². The van der Waals surface area contributed by atoms with E-state index in [0.29, 0.717) is 24.7 Å². The molecule has 0 aliphatic heterocycles. The summed E-state index contributed by atoms with van der Waals surface area (Å²) >= 11 is 0. The Balaban J connectivity index is 0.00000289. The Morgan fingerprint density at radius 2 is 1.81 bits per heavy atom. The molecule has 2 aromatic carbocycles. The number of para-hydroxylation sites is 1. The number of aryl methyl sites for hydroxylation is 1. The van der Waals surface area contributed by atoms with Crippen LogP contribution in [0.4, 0.5) is 5.69 Å². The van der Waals surface area contributed by atoms with Gasteiger partial charge in [-0.2, -0.15) is 0 Å². The number of guanidine groups is 1. The summed E-state index contributed by atoms with van der Waals surface area (Å²) in [4.78, 5) is 16.4. The number of hydrogen-bond acceptors (Lipinski definition) is 4. The monoisotopic (exact) mass is 544 g/mol. The fraction of sp³-hybridized carbons (Fsp3) is 0.167. The molecule has 2 heterocycles. The Labute approximate surface area is 203 Å². The Morgan fingerprint density at radius 3 is 2.56 bits per heavy atom. The maximum atomic E-state index is 12.2. The summed E-state index contributed by atoms with van der Waals surface area (Å²) in [6.45, 7) is 3.13. The van der Waals surface area contributed by atoms with Crippen molar-refractivity contribution < 1.29 is 13.6 Å². The number of hydrogen-bond donors (Lipinski definition) is 3. The number of benzene rings is 2. The van der Waals surface area contributed by atoms with Crippen LogP contribution in [0, 0.1) is 6.92 Å². The van der Waals surface area contributed by atoms with Gasteiger partial charge in [0, 0.05) is 30.2 Å². The number of nitrogens with one attached hydrogen (secondary N) is 3. The number of furan rings is 2. The molecule has 0 spiro atoms. The van der Waals surface area contributed by atoms with Crippen molar-refractivity contribution in [1.29, 1.82) is 0 Å². The predicted octanol–water partition coefficient (Wildman–Crippen LogP) is 5.07. The summed E-state index contributed by atoms with van der Waals surface area (Å²) in [7, 11) is 1.72. The smallest absolute Gasteiger partial charge is 0.291 e. The van der Waals surface area contributed by atoms with Crippen molar-refractivity contribution in [3.8, 4) is 0 Å². The molecule has 7 nitrogen and oxygen atoms in total. The summed E-state index contributed by atoms with van der Waals surface area (Å²) in [6.07, 6.45) is 1.47. The summed E-state index contributed by atoms with van der Waals surface area (Å²) in [5, 5.41) is 10.5. The molecule has 0 aliphatic carbocycles. The van der Waals surface area contributed by atoms with Crippen molar-refractivity contribution in [3.05, 3.63) is 89.6 Å². The molecule has 0 saturated heterocycles. The van der Waals surface area contributed by atoms with Crippen LogP contribution in [0.5, 0.6) is 0 Å². The number of aliphatic imine (C=N–C) groups is 1. The van der Waals surface area contributed by atoms with Gasteiger partial charge < -0.3 is 24.8 Å². The number of anilines is 1. The maximum absolute atomic E-state index is 12.2. The molecule has 0 bridgehead atoms. The number of carbonyl (C=O) groups is 1. The minimum atomic E-state index is -0.284. The third-order valence-electron chi connectivity index (χ3n) is 4.97. The van der Waals surface area contributed by atoms with Gasteiger partial charge in [0.25, 0.3) is 5.91 Å². The lowest BCUT2D eigenvalue weighted by molar-refractivity contribution is 0.0996. The molecule has 32 heavy (non-hydrogen) atoms. The molecule has 0 fully saturated rings. The van der Waals surface area contributed by atoms with Crippen LogP contribution in [0.2, 0.25) is 0 Å². The van der Waals surface area contributed by atoms with E-state index in [2.05, 4.69) is 33.9 Å². The third kappa shape index (κ3) is 5.50. The first-order chi connectivity index (χ1) is 15.1. The van der Waals surface area contributed by atoms with Gasteiger partial charge in [0.15, 0.2) is 11.7 Å². The van der Waals surface area contributed by atoms with Crippen LogP contribution in [-0.4, -0.2) is 18.9 Å². The van der Waals surface area contributed by atoms with Gasteiger partial charge in [0.1, 0.15) is 11.3 Å². The predicted molar refractivity (Wildman–Crippen MR) is 137 cm³/mol. The third-order valence-corrected chi connectivity index (χ3v) is 4.97. The van der Waals surface area contributed by atoms with Crippen LogP contribution in [0.3, 0.4) is 0 Å². The molecule has 4 aromatic rings. The summed E-state index contributed by atoms with van der Waals surface area (Å²) < 4.78 is 11.1. The largest absolute Gasteiger partial charge is 0.459 e. The van der Waals surface area contributed by atoms with Gasteiger partial charge in [-0.15, -0.1) is 24.0 Å². The minimum absolute atomic E-state index is 0. The second kappa shape index (κ2) is 10.9. The Morgan fingerprint density at radius 1 is 1.00 bits per heavy atom. The first-order valence-corrected chi connectivity index (χ1v) is 9.99. The molecule has 2 aromatic heterocycles. The second-order valence-electron chi connectivity index (χ2n) is 7.06. The van der Waals surface area contributed by atoms with Gasteiger partial charge in [-0.05, 0) is 42.8 Å². The number of amides is 1. The lowest BCUT2D eigenvalue weighted by Gasteiger charge is -2.12. The first-order valence-electron chi connectivity index (χ1n) is 9.99. The Hall–Kier alpha value is -3.27. The number of carbonyl (C=O) groups excluding carboxylic acids is 1. The van der Waals surface area contributed by atoms with E-state index >= 15 is 0 Å². The number of halogens is 1. The topological polar surface area (TPSA) is 91.8 Å². The Kier molecular flexibility index (Phi) is 7.93.